The third-order valence-electron chi connectivity index (χ3n) is 7.03. The molecule has 0 radical (unpaired) electrons. The topological polar surface area (TPSA) is 59.0 Å². The maximum atomic E-state index is 14.5. The lowest BCUT2D eigenvalue weighted by Gasteiger charge is -2.29. The lowest BCUT2D eigenvalue weighted by atomic mass is 9.93. The van der Waals surface area contributed by atoms with Gasteiger partial charge in [-0.15, -0.1) is 0 Å². The van der Waals surface area contributed by atoms with E-state index in [-0.39, 0.29) is 18.3 Å². The van der Waals surface area contributed by atoms with Crippen molar-refractivity contribution in [3.05, 3.63) is 64.2 Å². The third kappa shape index (κ3) is 4.53. The van der Waals surface area contributed by atoms with Gasteiger partial charge in [0.1, 0.15) is 24.2 Å². The molecule has 34 heavy (non-hydrogen) atoms. The summed E-state index contributed by atoms with van der Waals surface area (Å²) in [6, 6.07) is 8.78. The molecule has 0 saturated carbocycles. The summed E-state index contributed by atoms with van der Waals surface area (Å²) in [4.78, 5) is 13.3. The Morgan fingerprint density at radius 2 is 2.03 bits per heavy atom. The zero-order valence-electron chi connectivity index (χ0n) is 19.3. The Balaban J connectivity index is 1.41. The smallest absolute Gasteiger partial charge is 0.328 e. The van der Waals surface area contributed by atoms with Crippen molar-refractivity contribution in [2.75, 3.05) is 19.7 Å². The SMILES string of the molecule is CC(F)(F)c1ccc2c(c1CN1CCCCC1)CC[C@H]2Oc1ccc2c(c1)OC/C2=C\C(=O)O. The number of carboxylic acid groups (broad SMARTS) is 1. The van der Waals surface area contributed by atoms with Crippen LogP contribution in [0.3, 0.4) is 0 Å². The largest absolute Gasteiger partial charge is 0.488 e. The van der Waals surface area contributed by atoms with Gasteiger partial charge in [0.25, 0.3) is 5.92 Å². The Hall–Kier alpha value is -2.93. The van der Waals surface area contributed by atoms with Crippen LogP contribution >= 0.6 is 0 Å². The van der Waals surface area contributed by atoms with Gasteiger partial charge < -0.3 is 14.6 Å². The number of carbonyl (C=O) groups is 1. The van der Waals surface area contributed by atoms with Crippen LogP contribution in [0.15, 0.2) is 36.4 Å². The van der Waals surface area contributed by atoms with Gasteiger partial charge in [0.2, 0.25) is 0 Å². The molecule has 0 bridgehead atoms. The Labute approximate surface area is 198 Å². The highest BCUT2D eigenvalue weighted by Gasteiger charge is 2.35. The fourth-order valence-corrected chi connectivity index (χ4v) is 5.42. The number of benzene rings is 2. The normalized spacial score (nSPS) is 21.3. The van der Waals surface area contributed by atoms with E-state index >= 15 is 0 Å². The van der Waals surface area contributed by atoms with Gasteiger partial charge in [-0.1, -0.05) is 18.6 Å². The highest BCUT2D eigenvalue weighted by atomic mass is 19.3. The Morgan fingerprint density at radius 3 is 2.76 bits per heavy atom. The third-order valence-corrected chi connectivity index (χ3v) is 7.03. The molecular formula is C27H29F2NO4. The molecule has 0 spiro atoms. The molecule has 2 aromatic carbocycles. The van der Waals surface area contributed by atoms with Crippen LogP contribution in [0.5, 0.6) is 11.5 Å². The summed E-state index contributed by atoms with van der Waals surface area (Å²) in [5.74, 6) is -2.69. The predicted octanol–water partition coefficient (Wildman–Crippen LogP) is 5.71. The second kappa shape index (κ2) is 9.02. The van der Waals surface area contributed by atoms with Gasteiger partial charge in [-0.25, -0.2) is 13.6 Å². The van der Waals surface area contributed by atoms with Crippen molar-refractivity contribution in [3.63, 3.8) is 0 Å². The van der Waals surface area contributed by atoms with Crippen LogP contribution in [-0.4, -0.2) is 35.7 Å². The summed E-state index contributed by atoms with van der Waals surface area (Å²) in [5, 5.41) is 9.03. The van der Waals surface area contributed by atoms with Gasteiger partial charge in [-0.05, 0) is 67.6 Å². The molecule has 1 saturated heterocycles. The van der Waals surface area contributed by atoms with Gasteiger partial charge in [0, 0.05) is 42.3 Å². The molecule has 3 aliphatic rings. The molecule has 1 aliphatic carbocycles. The minimum atomic E-state index is -2.89. The van der Waals surface area contributed by atoms with Gasteiger partial charge in [-0.2, -0.15) is 0 Å². The number of rotatable bonds is 6. The number of ether oxygens (including phenoxy) is 2. The molecule has 1 N–H and O–H groups in total. The van der Waals surface area contributed by atoms with Crippen LogP contribution in [0, 0.1) is 0 Å². The van der Waals surface area contributed by atoms with E-state index in [1.54, 1.807) is 18.2 Å². The number of aliphatic carboxylic acids is 1. The highest BCUT2D eigenvalue weighted by molar-refractivity contribution is 5.92. The molecule has 180 valence electrons. The van der Waals surface area contributed by atoms with Gasteiger partial charge in [0.15, 0.2) is 0 Å². The maximum Gasteiger partial charge on any atom is 0.328 e. The first-order valence-electron chi connectivity index (χ1n) is 11.9. The minimum absolute atomic E-state index is 0.126. The van der Waals surface area contributed by atoms with Gasteiger partial charge in [0.05, 0.1) is 0 Å². The van der Waals surface area contributed by atoms with E-state index in [0.717, 1.165) is 67.6 Å². The molecule has 2 heterocycles. The fourth-order valence-electron chi connectivity index (χ4n) is 5.42. The summed E-state index contributed by atoms with van der Waals surface area (Å²) in [6.07, 6.45) is 5.80. The first-order valence-corrected chi connectivity index (χ1v) is 11.9. The molecule has 1 atom stereocenters. The average Bonchev–Trinajstić information content (AvgIpc) is 3.38. The number of hydrogen-bond donors (Lipinski definition) is 1. The molecule has 0 amide bonds. The van der Waals surface area contributed by atoms with E-state index in [2.05, 4.69) is 4.90 Å². The van der Waals surface area contributed by atoms with Crippen molar-refractivity contribution in [1.29, 1.82) is 0 Å². The summed E-state index contributed by atoms with van der Waals surface area (Å²) in [5.41, 5.74) is 4.24. The average molecular weight is 470 g/mol. The Morgan fingerprint density at radius 1 is 1.24 bits per heavy atom. The molecule has 2 aromatic rings. The Bertz CT molecular complexity index is 1130. The van der Waals surface area contributed by atoms with Gasteiger partial charge >= 0.3 is 5.97 Å². The second-order valence-electron chi connectivity index (χ2n) is 9.48. The van der Waals surface area contributed by atoms with Crippen molar-refractivity contribution < 1.29 is 28.2 Å². The fraction of sp³-hybridized carbons (Fsp3) is 0.444. The summed E-state index contributed by atoms with van der Waals surface area (Å²) in [6.45, 7) is 3.65. The second-order valence-corrected chi connectivity index (χ2v) is 9.48. The van der Waals surface area contributed by atoms with Crippen LogP contribution in [0.25, 0.3) is 5.57 Å². The highest BCUT2D eigenvalue weighted by Crippen LogP contribution is 2.43. The number of hydrogen-bond acceptors (Lipinski definition) is 4. The van der Waals surface area contributed by atoms with Gasteiger partial charge in [-0.3, -0.25) is 4.90 Å². The first-order chi connectivity index (χ1) is 16.3. The number of carboxylic acids is 1. The molecule has 0 aromatic heterocycles. The van der Waals surface area contributed by atoms with E-state index in [9.17, 15) is 13.6 Å². The van der Waals surface area contributed by atoms with E-state index < -0.39 is 11.9 Å². The molecule has 7 heteroatoms. The van der Waals surface area contributed by atoms with Crippen LogP contribution in [0.4, 0.5) is 8.78 Å². The van der Waals surface area contributed by atoms with E-state index in [1.165, 1.54) is 6.42 Å². The number of nitrogens with zero attached hydrogens (tertiary/aromatic N) is 1. The van der Waals surface area contributed by atoms with Crippen molar-refractivity contribution in [2.24, 2.45) is 0 Å². The van der Waals surface area contributed by atoms with E-state index in [0.29, 0.717) is 30.0 Å². The van der Waals surface area contributed by atoms with Crippen molar-refractivity contribution in [3.8, 4) is 11.5 Å². The van der Waals surface area contributed by atoms with Crippen LogP contribution in [0.1, 0.15) is 66.5 Å². The maximum absolute atomic E-state index is 14.5. The minimum Gasteiger partial charge on any atom is -0.488 e. The lowest BCUT2D eigenvalue weighted by molar-refractivity contribution is -0.131. The molecular weight excluding hydrogens is 440 g/mol. The molecule has 1 fully saturated rings. The van der Waals surface area contributed by atoms with Crippen LogP contribution in [0.2, 0.25) is 0 Å². The van der Waals surface area contributed by atoms with E-state index in [4.69, 9.17) is 14.6 Å². The Kier molecular flexibility index (Phi) is 6.06. The molecule has 0 unspecified atom stereocenters. The lowest BCUT2D eigenvalue weighted by Crippen LogP contribution is -2.30. The number of alkyl halides is 2. The van der Waals surface area contributed by atoms with Crippen molar-refractivity contribution in [1.82, 2.24) is 4.90 Å². The van der Waals surface area contributed by atoms with Crippen LogP contribution < -0.4 is 9.47 Å². The zero-order chi connectivity index (χ0) is 23.9. The number of halogens is 2. The van der Waals surface area contributed by atoms with Crippen molar-refractivity contribution >= 4 is 11.5 Å². The summed E-state index contributed by atoms with van der Waals surface area (Å²) in [7, 11) is 0. The summed E-state index contributed by atoms with van der Waals surface area (Å²) < 4.78 is 41.0. The van der Waals surface area contributed by atoms with Crippen LogP contribution in [-0.2, 0) is 23.7 Å². The quantitative estimate of drug-likeness (QED) is 0.549. The molecule has 5 rings (SSSR count). The molecule has 5 nitrogen and oxygen atoms in total. The molecule has 2 aliphatic heterocycles. The zero-order valence-corrected chi connectivity index (χ0v) is 19.3. The van der Waals surface area contributed by atoms with Crippen molar-refractivity contribution in [2.45, 2.75) is 57.6 Å². The standard InChI is InChI=1S/C27H29F2NO4/c1-27(28,29)23-9-7-21-20(22(23)15-30-11-3-2-4-12-30)8-10-24(21)34-18-5-6-19-17(13-26(31)32)16-33-25(19)14-18/h5-7,9,13-14,24H,2-4,8,10-12,15-16H2,1H3,(H,31,32)/b17-13+/t24-/m1/s1. The predicted molar refractivity (Wildman–Crippen MR) is 124 cm³/mol. The monoisotopic (exact) mass is 469 g/mol. The summed E-state index contributed by atoms with van der Waals surface area (Å²) >= 11 is 0. The number of likely N-dealkylation sites (tertiary alicyclic amines) is 1. The van der Waals surface area contributed by atoms with E-state index in [1.807, 2.05) is 12.1 Å². The number of fused-ring (bicyclic) bond motifs is 2. The first kappa shape index (κ1) is 22.8. The number of piperidine rings is 1.